The fourth-order valence-electron chi connectivity index (χ4n) is 13.8. The molecule has 0 saturated heterocycles. The number of benzene rings is 11. The predicted molar refractivity (Wildman–Crippen MR) is 380 cm³/mol. The first kappa shape index (κ1) is 55.2. The summed E-state index contributed by atoms with van der Waals surface area (Å²) < 4.78 is 5.24. The van der Waals surface area contributed by atoms with Gasteiger partial charge in [0.15, 0.2) is 0 Å². The molecule has 0 atom stereocenters. The lowest BCUT2D eigenvalue weighted by Crippen LogP contribution is -2.60. The Bertz CT molecular complexity index is 4760. The van der Waals surface area contributed by atoms with Gasteiger partial charge >= 0.3 is 0 Å². The zero-order chi connectivity index (χ0) is 60.1. The number of hydrogen-bond acceptors (Lipinski definition) is 3. The molecule has 426 valence electrons. The standard InChI is InChI=1S/C82H73BN2S2/c1-79(2,3)56-33-37-68-64(46-56)65-47-57(80(4,5)6)34-38-69(65)84(68)60-48-71-76-74(49-60)87-78-67(36-39-73-75(78)61-30-22-23-31-72(61)86-73)83(76)66-35-32-53(54-40-58(81(7,8)9)45-59(41-54)82(10,11)12)44-70(66)85(71)77-62(51-26-18-14-19-27-51)42-55(50-24-16-13-17-25-50)43-63(77)52-28-20-15-21-29-52/h13-49H,1-12H3. The van der Waals surface area contributed by atoms with Gasteiger partial charge in [-0.15, -0.1) is 11.3 Å². The first-order chi connectivity index (χ1) is 41.7. The molecule has 0 aliphatic carbocycles. The second kappa shape index (κ2) is 20.1. The van der Waals surface area contributed by atoms with Crippen LogP contribution in [-0.4, -0.2) is 11.3 Å². The summed E-state index contributed by atoms with van der Waals surface area (Å²) in [5.41, 5.74) is 25.7. The molecule has 15 rings (SSSR count). The summed E-state index contributed by atoms with van der Waals surface area (Å²) in [6.07, 6.45) is 0. The van der Waals surface area contributed by atoms with E-state index in [-0.39, 0.29) is 28.4 Å². The summed E-state index contributed by atoms with van der Waals surface area (Å²) in [6.45, 7) is 28.1. The molecule has 2 aliphatic rings. The van der Waals surface area contributed by atoms with E-state index < -0.39 is 0 Å². The van der Waals surface area contributed by atoms with E-state index in [0.717, 1.165) is 22.5 Å². The smallest absolute Gasteiger partial charge is 0.249 e. The second-order valence-electron chi connectivity index (χ2n) is 28.6. The molecule has 2 nitrogen and oxygen atoms in total. The maximum Gasteiger partial charge on any atom is 0.249 e. The van der Waals surface area contributed by atoms with Gasteiger partial charge in [0.05, 0.1) is 16.7 Å². The van der Waals surface area contributed by atoms with Gasteiger partial charge in [-0.25, -0.2) is 0 Å². The summed E-state index contributed by atoms with van der Waals surface area (Å²) in [5.74, 6) is 0. The Morgan fingerprint density at radius 2 is 0.874 bits per heavy atom. The van der Waals surface area contributed by atoms with Crippen molar-refractivity contribution in [3.63, 3.8) is 0 Å². The van der Waals surface area contributed by atoms with Gasteiger partial charge in [-0.1, -0.05) is 258 Å². The van der Waals surface area contributed by atoms with Gasteiger partial charge in [0, 0.05) is 68.9 Å². The van der Waals surface area contributed by atoms with Crippen LogP contribution in [0.25, 0.3) is 92.2 Å². The molecule has 0 unspecified atom stereocenters. The fraction of sp³-hybridized carbons (Fsp3) is 0.195. The Labute approximate surface area is 522 Å². The third-order valence-electron chi connectivity index (χ3n) is 18.6. The van der Waals surface area contributed by atoms with Crippen LogP contribution in [0.2, 0.25) is 0 Å². The number of thiophene rings is 1. The molecule has 11 aromatic carbocycles. The van der Waals surface area contributed by atoms with Gasteiger partial charge in [-0.3, -0.25) is 0 Å². The summed E-state index contributed by atoms with van der Waals surface area (Å²) in [6, 6.07) is 86.8. The molecule has 87 heavy (non-hydrogen) atoms. The maximum absolute atomic E-state index is 2.72. The van der Waals surface area contributed by atoms with Crippen LogP contribution in [0.15, 0.2) is 234 Å². The topological polar surface area (TPSA) is 8.17 Å². The number of nitrogens with zero attached hydrogens (tertiary/aromatic N) is 2. The van der Waals surface area contributed by atoms with Crippen molar-refractivity contribution < 1.29 is 0 Å². The molecule has 4 heterocycles. The molecule has 0 N–H and O–H groups in total. The highest BCUT2D eigenvalue weighted by Gasteiger charge is 2.44. The highest BCUT2D eigenvalue weighted by Crippen LogP contribution is 2.53. The number of hydrogen-bond donors (Lipinski definition) is 0. The van der Waals surface area contributed by atoms with Gasteiger partial charge in [0.25, 0.3) is 0 Å². The van der Waals surface area contributed by atoms with Crippen molar-refractivity contribution in [3.8, 4) is 50.2 Å². The third-order valence-corrected chi connectivity index (χ3v) is 21.0. The van der Waals surface area contributed by atoms with Crippen LogP contribution in [0.4, 0.5) is 17.1 Å². The van der Waals surface area contributed by atoms with Crippen LogP contribution in [0.5, 0.6) is 0 Å². The average Bonchev–Trinajstić information content (AvgIpc) is 1.46. The first-order valence-electron chi connectivity index (χ1n) is 31.0. The van der Waals surface area contributed by atoms with Crippen LogP contribution in [0.1, 0.15) is 105 Å². The Morgan fingerprint density at radius 3 is 1.44 bits per heavy atom. The number of fused-ring (bicyclic) bond motifs is 11. The lowest BCUT2D eigenvalue weighted by molar-refractivity contribution is 0.569. The molecule has 2 aliphatic heterocycles. The van der Waals surface area contributed by atoms with E-state index in [0.29, 0.717) is 0 Å². The summed E-state index contributed by atoms with van der Waals surface area (Å²) >= 11 is 3.89. The van der Waals surface area contributed by atoms with Crippen LogP contribution < -0.4 is 21.3 Å². The van der Waals surface area contributed by atoms with Crippen molar-refractivity contribution in [2.75, 3.05) is 4.90 Å². The third kappa shape index (κ3) is 9.30. The Balaban J connectivity index is 1.12. The molecule has 13 aromatic rings. The maximum atomic E-state index is 2.72. The minimum atomic E-state index is -0.0690. The van der Waals surface area contributed by atoms with Crippen LogP contribution >= 0.6 is 23.1 Å². The molecule has 5 heteroatoms. The Hall–Kier alpha value is -8.35. The molecule has 0 bridgehead atoms. The van der Waals surface area contributed by atoms with E-state index in [2.05, 4.69) is 317 Å². The van der Waals surface area contributed by atoms with Crippen LogP contribution in [0.3, 0.4) is 0 Å². The van der Waals surface area contributed by atoms with Crippen LogP contribution in [0, 0.1) is 0 Å². The van der Waals surface area contributed by atoms with Gasteiger partial charge in [-0.05, 0) is 155 Å². The highest BCUT2D eigenvalue weighted by molar-refractivity contribution is 8.00. The van der Waals surface area contributed by atoms with Crippen molar-refractivity contribution in [2.45, 2.75) is 115 Å². The molecule has 0 saturated carbocycles. The molecule has 0 spiro atoms. The minimum absolute atomic E-state index is 0.0332. The van der Waals surface area contributed by atoms with E-state index in [1.54, 1.807) is 0 Å². The van der Waals surface area contributed by atoms with Crippen molar-refractivity contribution in [1.29, 1.82) is 0 Å². The second-order valence-corrected chi connectivity index (χ2v) is 30.7. The van der Waals surface area contributed by atoms with E-state index in [1.165, 1.54) is 135 Å². The predicted octanol–water partition coefficient (Wildman–Crippen LogP) is 21.8. The van der Waals surface area contributed by atoms with E-state index in [1.807, 2.05) is 23.1 Å². The SMILES string of the molecule is CC(C)(C)c1cc(-c2ccc3c(c2)N(c2c(-c4ccccc4)cc(-c4ccccc4)cc2-c2ccccc2)c2cc(-n4c5ccc(C(C)(C)C)cc5c5cc(C(C)(C)C)ccc54)cc4c2B3c2ccc3sc5ccccc5c3c2S4)cc(C(C)(C)C)c1. The Morgan fingerprint density at radius 1 is 0.356 bits per heavy atom. The summed E-state index contributed by atoms with van der Waals surface area (Å²) in [7, 11) is 0. The van der Waals surface area contributed by atoms with E-state index in [9.17, 15) is 0 Å². The average molecular weight is 1160 g/mol. The molecular weight excluding hydrogens is 1090 g/mol. The quantitative estimate of drug-likeness (QED) is 0.153. The lowest BCUT2D eigenvalue weighted by Gasteiger charge is -2.42. The van der Waals surface area contributed by atoms with Crippen molar-refractivity contribution in [2.24, 2.45) is 0 Å². The number of anilines is 3. The molecular formula is C82H73BN2S2. The Kier molecular flexibility index (Phi) is 12.8. The van der Waals surface area contributed by atoms with E-state index in [4.69, 9.17) is 0 Å². The first-order valence-corrected chi connectivity index (χ1v) is 32.6. The molecule has 0 radical (unpaired) electrons. The number of rotatable bonds is 6. The van der Waals surface area contributed by atoms with Crippen molar-refractivity contribution >= 4 is 105 Å². The number of aromatic nitrogens is 1. The van der Waals surface area contributed by atoms with Gasteiger partial charge in [-0.2, -0.15) is 0 Å². The lowest BCUT2D eigenvalue weighted by atomic mass is 9.34. The van der Waals surface area contributed by atoms with Crippen LogP contribution in [-0.2, 0) is 21.7 Å². The largest absolute Gasteiger partial charge is 0.310 e. The molecule has 0 amide bonds. The fourth-order valence-corrected chi connectivity index (χ4v) is 16.3. The minimum Gasteiger partial charge on any atom is -0.310 e. The molecule has 0 fully saturated rings. The highest BCUT2D eigenvalue weighted by atomic mass is 32.2. The zero-order valence-electron chi connectivity index (χ0n) is 52.2. The zero-order valence-corrected chi connectivity index (χ0v) is 53.8. The monoisotopic (exact) mass is 1160 g/mol. The summed E-state index contributed by atoms with van der Waals surface area (Å²) in [5, 5.41) is 5.25. The normalized spacial score (nSPS) is 13.4. The van der Waals surface area contributed by atoms with Crippen molar-refractivity contribution in [1.82, 2.24) is 4.57 Å². The van der Waals surface area contributed by atoms with E-state index >= 15 is 0 Å². The summed E-state index contributed by atoms with van der Waals surface area (Å²) in [4.78, 5) is 5.37. The van der Waals surface area contributed by atoms with Crippen molar-refractivity contribution in [3.05, 3.63) is 247 Å². The van der Waals surface area contributed by atoms with Gasteiger partial charge in [0.1, 0.15) is 0 Å². The molecule has 2 aromatic heterocycles. The van der Waals surface area contributed by atoms with Gasteiger partial charge < -0.3 is 9.47 Å². The van der Waals surface area contributed by atoms with Gasteiger partial charge in [0.2, 0.25) is 6.71 Å².